The first kappa shape index (κ1) is 15.5. The first-order valence-electron chi connectivity index (χ1n) is 6.65. The third kappa shape index (κ3) is 3.84. The highest BCUT2D eigenvalue weighted by Gasteiger charge is 2.30. The first-order chi connectivity index (χ1) is 9.78. The number of thiophene rings is 1. The molecule has 21 heavy (non-hydrogen) atoms. The van der Waals surface area contributed by atoms with E-state index in [0.29, 0.717) is 29.1 Å². The molecule has 1 aliphatic rings. The van der Waals surface area contributed by atoms with Crippen molar-refractivity contribution in [1.29, 1.82) is 0 Å². The molecule has 0 unspecified atom stereocenters. The van der Waals surface area contributed by atoms with Gasteiger partial charge in [0.25, 0.3) is 5.91 Å². The molecule has 0 aliphatic carbocycles. The lowest BCUT2D eigenvalue weighted by molar-refractivity contribution is -0.310. The van der Waals surface area contributed by atoms with Gasteiger partial charge < -0.3 is 19.9 Å². The lowest BCUT2D eigenvalue weighted by Crippen LogP contribution is -2.46. The Morgan fingerprint density at radius 2 is 2.19 bits per heavy atom. The number of carboxylic acids is 1. The topological polar surface area (TPSA) is 80.7 Å². The van der Waals surface area contributed by atoms with E-state index in [1.54, 1.807) is 26.0 Å². The molecule has 1 amide bonds. The quantitative estimate of drug-likeness (QED) is 0.793. The Hall–Kier alpha value is -1.84. The standard InChI is InChI=1S/C15H17NO4S/c1-15(2,20)8-7-10-5-6-12(21-10)13(17)16-9-3-4-11(16)14(18)19/h5-6,11,20H,3-4,9H2,1-2H3,(H,18,19)/p-1/t11-/m0/s1. The molecule has 0 aromatic carbocycles. The van der Waals surface area contributed by atoms with Gasteiger partial charge in [-0.15, -0.1) is 11.3 Å². The molecule has 0 spiro atoms. The zero-order chi connectivity index (χ0) is 15.6. The highest BCUT2D eigenvalue weighted by atomic mass is 32.1. The Labute approximate surface area is 127 Å². The van der Waals surface area contributed by atoms with Crippen LogP contribution in [0.4, 0.5) is 0 Å². The van der Waals surface area contributed by atoms with Crippen LogP contribution in [0.2, 0.25) is 0 Å². The molecule has 1 atom stereocenters. The van der Waals surface area contributed by atoms with E-state index in [1.165, 1.54) is 16.2 Å². The minimum Gasteiger partial charge on any atom is -0.548 e. The summed E-state index contributed by atoms with van der Waals surface area (Å²) >= 11 is 1.19. The van der Waals surface area contributed by atoms with E-state index in [1.807, 2.05) is 0 Å². The van der Waals surface area contributed by atoms with Gasteiger partial charge in [-0.3, -0.25) is 4.79 Å². The van der Waals surface area contributed by atoms with Crippen LogP contribution >= 0.6 is 11.3 Å². The van der Waals surface area contributed by atoms with Gasteiger partial charge in [-0.2, -0.15) is 0 Å². The third-order valence-corrected chi connectivity index (χ3v) is 4.08. The fourth-order valence-corrected chi connectivity index (χ4v) is 2.95. The van der Waals surface area contributed by atoms with E-state index in [4.69, 9.17) is 0 Å². The number of carboxylic acid groups (broad SMARTS) is 1. The third-order valence-electron chi connectivity index (χ3n) is 3.09. The van der Waals surface area contributed by atoms with Crippen molar-refractivity contribution in [3.05, 3.63) is 21.9 Å². The second-order valence-electron chi connectivity index (χ2n) is 5.45. The Balaban J connectivity index is 2.15. The SMILES string of the molecule is CC(C)(O)C#Cc1ccc(C(=O)N2CCC[C@H]2C(=O)[O-])s1. The molecule has 2 rings (SSSR count). The van der Waals surface area contributed by atoms with Crippen LogP contribution in [0.1, 0.15) is 41.2 Å². The van der Waals surface area contributed by atoms with Gasteiger partial charge in [0.15, 0.2) is 0 Å². The average Bonchev–Trinajstić information content (AvgIpc) is 3.04. The second-order valence-corrected chi connectivity index (χ2v) is 6.53. The molecule has 0 radical (unpaired) electrons. The van der Waals surface area contributed by atoms with E-state index in [-0.39, 0.29) is 5.91 Å². The number of likely N-dealkylation sites (tertiary alicyclic amines) is 1. The van der Waals surface area contributed by atoms with Crippen LogP contribution in [-0.4, -0.2) is 40.1 Å². The fraction of sp³-hybridized carbons (Fsp3) is 0.467. The van der Waals surface area contributed by atoms with E-state index in [9.17, 15) is 19.8 Å². The molecule has 0 bridgehead atoms. The molecule has 2 heterocycles. The van der Waals surface area contributed by atoms with Crippen molar-refractivity contribution in [3.8, 4) is 11.8 Å². The van der Waals surface area contributed by atoms with Crippen LogP contribution in [0.3, 0.4) is 0 Å². The number of carbonyl (C=O) groups excluding carboxylic acids is 2. The normalized spacial score (nSPS) is 18.2. The van der Waals surface area contributed by atoms with Gasteiger partial charge in [-0.1, -0.05) is 11.8 Å². The van der Waals surface area contributed by atoms with Crippen molar-refractivity contribution in [3.63, 3.8) is 0 Å². The molecule has 6 heteroatoms. The van der Waals surface area contributed by atoms with Crippen LogP contribution in [0.25, 0.3) is 0 Å². The summed E-state index contributed by atoms with van der Waals surface area (Å²) in [5.74, 6) is 3.97. The number of carbonyl (C=O) groups is 2. The Kier molecular flexibility index (Phi) is 4.35. The summed E-state index contributed by atoms with van der Waals surface area (Å²) in [6, 6.07) is 2.48. The van der Waals surface area contributed by atoms with Crippen LogP contribution in [0, 0.1) is 11.8 Å². The van der Waals surface area contributed by atoms with Gasteiger partial charge in [0.1, 0.15) is 5.60 Å². The van der Waals surface area contributed by atoms with Gasteiger partial charge >= 0.3 is 0 Å². The summed E-state index contributed by atoms with van der Waals surface area (Å²) in [5, 5.41) is 20.6. The van der Waals surface area contributed by atoms with Crippen molar-refractivity contribution in [2.24, 2.45) is 0 Å². The maximum atomic E-state index is 12.3. The molecule has 1 saturated heterocycles. The summed E-state index contributed by atoms with van der Waals surface area (Å²) < 4.78 is 0. The number of rotatable bonds is 2. The van der Waals surface area contributed by atoms with Gasteiger partial charge in [-0.25, -0.2) is 0 Å². The van der Waals surface area contributed by atoms with E-state index in [0.717, 1.165) is 0 Å². The minimum atomic E-state index is -1.21. The van der Waals surface area contributed by atoms with E-state index in [2.05, 4.69) is 11.8 Å². The lowest BCUT2D eigenvalue weighted by atomic mass is 10.1. The second kappa shape index (κ2) is 5.88. The molecule has 1 N–H and O–H groups in total. The maximum Gasteiger partial charge on any atom is 0.264 e. The highest BCUT2D eigenvalue weighted by Crippen LogP contribution is 2.23. The van der Waals surface area contributed by atoms with Gasteiger partial charge in [0.05, 0.1) is 21.8 Å². The Bertz CT molecular complexity index is 618. The Morgan fingerprint density at radius 3 is 2.81 bits per heavy atom. The number of hydrogen-bond donors (Lipinski definition) is 1. The molecular weight excluding hydrogens is 290 g/mol. The largest absolute Gasteiger partial charge is 0.548 e. The zero-order valence-electron chi connectivity index (χ0n) is 11.9. The van der Waals surface area contributed by atoms with Crippen molar-refractivity contribution in [2.75, 3.05) is 6.54 Å². The summed E-state index contributed by atoms with van der Waals surface area (Å²) in [6.45, 7) is 3.59. The average molecular weight is 306 g/mol. The molecule has 1 aromatic heterocycles. The Morgan fingerprint density at radius 1 is 1.48 bits per heavy atom. The number of amides is 1. The van der Waals surface area contributed by atoms with Crippen LogP contribution in [0.5, 0.6) is 0 Å². The van der Waals surface area contributed by atoms with E-state index >= 15 is 0 Å². The monoisotopic (exact) mass is 306 g/mol. The van der Waals surface area contributed by atoms with Crippen LogP contribution in [0.15, 0.2) is 12.1 Å². The number of nitrogens with zero attached hydrogens (tertiary/aromatic N) is 1. The smallest absolute Gasteiger partial charge is 0.264 e. The maximum absolute atomic E-state index is 12.3. The first-order valence-corrected chi connectivity index (χ1v) is 7.47. The number of hydrogen-bond acceptors (Lipinski definition) is 5. The summed E-state index contributed by atoms with van der Waals surface area (Å²) in [5.41, 5.74) is -1.09. The van der Waals surface area contributed by atoms with Crippen molar-refractivity contribution >= 4 is 23.2 Å². The molecule has 5 nitrogen and oxygen atoms in total. The molecule has 0 saturated carbocycles. The van der Waals surface area contributed by atoms with Crippen molar-refractivity contribution in [1.82, 2.24) is 4.90 Å². The molecule has 1 aliphatic heterocycles. The number of aliphatic carboxylic acids is 1. The minimum absolute atomic E-state index is 0.303. The summed E-state index contributed by atoms with van der Waals surface area (Å²) in [7, 11) is 0. The predicted octanol–water partition coefficient (Wildman–Crippen LogP) is 0.225. The van der Waals surface area contributed by atoms with Crippen molar-refractivity contribution in [2.45, 2.75) is 38.3 Å². The lowest BCUT2D eigenvalue weighted by Gasteiger charge is -2.24. The molecule has 1 aromatic rings. The van der Waals surface area contributed by atoms with Gasteiger partial charge in [0.2, 0.25) is 0 Å². The zero-order valence-corrected chi connectivity index (χ0v) is 12.7. The highest BCUT2D eigenvalue weighted by molar-refractivity contribution is 7.14. The molecular formula is C15H16NO4S-. The molecule has 112 valence electrons. The van der Waals surface area contributed by atoms with Crippen LogP contribution in [-0.2, 0) is 4.79 Å². The predicted molar refractivity (Wildman–Crippen MR) is 76.6 cm³/mol. The fourth-order valence-electron chi connectivity index (χ4n) is 2.13. The van der Waals surface area contributed by atoms with E-state index < -0.39 is 17.6 Å². The summed E-state index contributed by atoms with van der Waals surface area (Å²) in [4.78, 5) is 25.8. The number of aliphatic hydroxyl groups is 1. The van der Waals surface area contributed by atoms with Gasteiger partial charge in [0, 0.05) is 6.54 Å². The van der Waals surface area contributed by atoms with Crippen LogP contribution < -0.4 is 5.11 Å². The summed E-state index contributed by atoms with van der Waals surface area (Å²) in [6.07, 6.45) is 1.10. The van der Waals surface area contributed by atoms with Gasteiger partial charge in [-0.05, 0) is 38.8 Å². The molecule has 1 fully saturated rings. The van der Waals surface area contributed by atoms with Crippen molar-refractivity contribution < 1.29 is 19.8 Å².